The summed E-state index contributed by atoms with van der Waals surface area (Å²) in [4.78, 5) is 12.4. The van der Waals surface area contributed by atoms with E-state index in [4.69, 9.17) is 0 Å². The molecule has 0 fully saturated rings. The Balaban J connectivity index is 2.31. The second-order valence-electron chi connectivity index (χ2n) is 3.48. The molecular weight excluding hydrogens is 305 g/mol. The normalized spacial score (nSPS) is 10.6. The maximum Gasteiger partial charge on any atom is 0.194 e. The predicted molar refractivity (Wildman–Crippen MR) is 67.5 cm³/mol. The lowest BCUT2D eigenvalue weighted by Gasteiger charge is -2.03. The molecule has 0 N–H and O–H groups in total. The van der Waals surface area contributed by atoms with Gasteiger partial charge in [-0.05, 0) is 53.7 Å². The van der Waals surface area contributed by atoms with Crippen LogP contribution in [0.25, 0.3) is 0 Å². The smallest absolute Gasteiger partial charge is 0.194 e. The minimum absolute atomic E-state index is 0.276. The molecule has 0 bridgehead atoms. The highest BCUT2D eigenvalue weighted by molar-refractivity contribution is 9.10. The third-order valence-electron chi connectivity index (χ3n) is 1.92. The lowest BCUT2D eigenvalue weighted by atomic mass is 10.4. The van der Waals surface area contributed by atoms with Crippen molar-refractivity contribution in [2.24, 2.45) is 0 Å². The molecule has 0 radical (unpaired) electrons. The summed E-state index contributed by atoms with van der Waals surface area (Å²) >= 11 is 4.28. The first-order chi connectivity index (χ1) is 8.04. The van der Waals surface area contributed by atoms with E-state index in [1.54, 1.807) is 6.20 Å². The van der Waals surface area contributed by atoms with E-state index in [1.807, 2.05) is 19.9 Å². The summed E-state index contributed by atoms with van der Waals surface area (Å²) in [5, 5.41) is 0.787. The van der Waals surface area contributed by atoms with Gasteiger partial charge in [-0.3, -0.25) is 0 Å². The zero-order chi connectivity index (χ0) is 12.4. The van der Waals surface area contributed by atoms with Crippen LogP contribution in [0.2, 0.25) is 0 Å². The first kappa shape index (κ1) is 12.4. The highest BCUT2D eigenvalue weighted by Gasteiger charge is 2.09. The van der Waals surface area contributed by atoms with Crippen molar-refractivity contribution in [2.45, 2.75) is 24.0 Å². The Labute approximate surface area is 111 Å². The summed E-state index contributed by atoms with van der Waals surface area (Å²) in [7, 11) is 0. The molecule has 0 unspecified atom stereocenters. The van der Waals surface area contributed by atoms with Gasteiger partial charge < -0.3 is 0 Å². The number of hydrogen-bond donors (Lipinski definition) is 0. The van der Waals surface area contributed by atoms with E-state index in [0.717, 1.165) is 23.1 Å². The van der Waals surface area contributed by atoms with Gasteiger partial charge in [0.1, 0.15) is 5.03 Å². The first-order valence-corrected chi connectivity index (χ1v) is 6.47. The molecule has 0 atom stereocenters. The van der Waals surface area contributed by atoms with E-state index in [9.17, 15) is 4.39 Å². The summed E-state index contributed by atoms with van der Waals surface area (Å²) < 4.78 is 14.2. The molecule has 2 aromatic heterocycles. The third-order valence-corrected chi connectivity index (χ3v) is 3.22. The van der Waals surface area contributed by atoms with Crippen LogP contribution in [0, 0.1) is 19.7 Å². The van der Waals surface area contributed by atoms with Crippen LogP contribution < -0.4 is 0 Å². The molecule has 2 rings (SSSR count). The van der Waals surface area contributed by atoms with Crippen LogP contribution in [0.3, 0.4) is 0 Å². The summed E-state index contributed by atoms with van der Waals surface area (Å²) in [6, 6.07) is 3.24. The van der Waals surface area contributed by atoms with Crippen LogP contribution in [0.4, 0.5) is 4.39 Å². The molecule has 0 aliphatic carbocycles. The van der Waals surface area contributed by atoms with Gasteiger partial charge in [-0.1, -0.05) is 0 Å². The highest BCUT2D eigenvalue weighted by Crippen LogP contribution is 2.26. The molecule has 0 aliphatic rings. The van der Waals surface area contributed by atoms with Gasteiger partial charge in [-0.2, -0.15) is 0 Å². The molecule has 0 aliphatic heterocycles. The minimum Gasteiger partial charge on any atom is -0.245 e. The number of nitrogens with zero attached hydrogens (tertiary/aromatic N) is 3. The lowest BCUT2D eigenvalue weighted by Crippen LogP contribution is -1.94. The average Bonchev–Trinajstić information content (AvgIpc) is 2.21. The maximum atomic E-state index is 13.6. The molecule has 88 valence electrons. The Bertz CT molecular complexity index is 542. The molecule has 0 spiro atoms. The van der Waals surface area contributed by atoms with E-state index in [1.165, 1.54) is 6.07 Å². The van der Waals surface area contributed by atoms with Crippen LogP contribution >= 0.6 is 27.7 Å². The molecule has 17 heavy (non-hydrogen) atoms. The monoisotopic (exact) mass is 313 g/mol. The van der Waals surface area contributed by atoms with E-state index < -0.39 is 0 Å². The summed E-state index contributed by atoms with van der Waals surface area (Å²) in [5.74, 6) is -0.382. The van der Waals surface area contributed by atoms with Crippen molar-refractivity contribution in [1.29, 1.82) is 0 Å². The summed E-state index contributed by atoms with van der Waals surface area (Å²) in [6.07, 6.45) is 1.55. The van der Waals surface area contributed by atoms with Gasteiger partial charge in [0.15, 0.2) is 11.0 Å². The van der Waals surface area contributed by atoms with Crippen molar-refractivity contribution in [3.05, 3.63) is 40.0 Å². The van der Waals surface area contributed by atoms with E-state index in [0.29, 0.717) is 9.63 Å². The zero-order valence-corrected chi connectivity index (χ0v) is 11.6. The van der Waals surface area contributed by atoms with Gasteiger partial charge in [0, 0.05) is 22.1 Å². The van der Waals surface area contributed by atoms with Crippen molar-refractivity contribution in [3.8, 4) is 0 Å². The largest absolute Gasteiger partial charge is 0.245 e. The van der Waals surface area contributed by atoms with Gasteiger partial charge in [0.2, 0.25) is 0 Å². The van der Waals surface area contributed by atoms with Gasteiger partial charge in [0.05, 0.1) is 0 Å². The Morgan fingerprint density at radius 2 is 1.82 bits per heavy atom. The van der Waals surface area contributed by atoms with Crippen LogP contribution in [0.5, 0.6) is 0 Å². The van der Waals surface area contributed by atoms with E-state index >= 15 is 0 Å². The second kappa shape index (κ2) is 5.10. The van der Waals surface area contributed by atoms with Crippen molar-refractivity contribution < 1.29 is 4.39 Å². The zero-order valence-electron chi connectivity index (χ0n) is 9.24. The van der Waals surface area contributed by atoms with Crippen molar-refractivity contribution >= 4 is 27.7 Å². The molecule has 2 heterocycles. The minimum atomic E-state index is -0.382. The Kier molecular flexibility index (Phi) is 3.73. The number of halogens is 2. The Morgan fingerprint density at radius 3 is 2.41 bits per heavy atom. The van der Waals surface area contributed by atoms with Crippen molar-refractivity contribution in [1.82, 2.24) is 15.0 Å². The molecule has 0 aromatic carbocycles. The number of pyridine rings is 1. The quantitative estimate of drug-likeness (QED) is 0.795. The van der Waals surface area contributed by atoms with Crippen molar-refractivity contribution in [3.63, 3.8) is 0 Å². The van der Waals surface area contributed by atoms with Gasteiger partial charge in [-0.25, -0.2) is 19.3 Å². The molecule has 0 saturated heterocycles. The van der Waals surface area contributed by atoms with Gasteiger partial charge >= 0.3 is 0 Å². The van der Waals surface area contributed by atoms with Crippen molar-refractivity contribution in [2.75, 3.05) is 0 Å². The van der Waals surface area contributed by atoms with Gasteiger partial charge in [-0.15, -0.1) is 0 Å². The number of rotatable bonds is 2. The third kappa shape index (κ3) is 3.23. The fourth-order valence-corrected chi connectivity index (χ4v) is 2.42. The van der Waals surface area contributed by atoms with Crippen LogP contribution in [-0.4, -0.2) is 15.0 Å². The number of aromatic nitrogens is 3. The summed E-state index contributed by atoms with van der Waals surface area (Å²) in [5.41, 5.74) is 1.72. The molecular formula is C11H9BrFN3S. The average molecular weight is 314 g/mol. The fraction of sp³-hybridized carbons (Fsp3) is 0.182. The maximum absolute atomic E-state index is 13.6. The van der Waals surface area contributed by atoms with Crippen LogP contribution in [0.1, 0.15) is 11.4 Å². The fourth-order valence-electron chi connectivity index (χ4n) is 1.30. The topological polar surface area (TPSA) is 38.7 Å². The molecule has 0 saturated carbocycles. The second-order valence-corrected chi connectivity index (χ2v) is 5.35. The molecule has 6 heteroatoms. The molecule has 2 aromatic rings. The van der Waals surface area contributed by atoms with Gasteiger partial charge in [0.25, 0.3) is 0 Å². The summed E-state index contributed by atoms with van der Waals surface area (Å²) in [6.45, 7) is 3.76. The number of hydrogen-bond acceptors (Lipinski definition) is 4. The molecule has 0 amide bonds. The van der Waals surface area contributed by atoms with E-state index in [2.05, 4.69) is 30.9 Å². The standard InChI is InChI=1S/C11H9BrFN3S/c1-6-3-7(2)16-11(15-6)17-10-9(13)4-8(12)5-14-10/h3-5H,1-2H3. The lowest BCUT2D eigenvalue weighted by molar-refractivity contribution is 0.586. The predicted octanol–water partition coefficient (Wildman–Crippen LogP) is 3.54. The SMILES string of the molecule is Cc1cc(C)nc(Sc2ncc(Br)cc2F)n1. The molecule has 3 nitrogen and oxygen atoms in total. The van der Waals surface area contributed by atoms with E-state index in [-0.39, 0.29) is 10.8 Å². The first-order valence-electron chi connectivity index (χ1n) is 4.86. The highest BCUT2D eigenvalue weighted by atomic mass is 79.9. The van der Waals surface area contributed by atoms with Crippen LogP contribution in [-0.2, 0) is 0 Å². The Hall–Kier alpha value is -1.01. The van der Waals surface area contributed by atoms with Crippen LogP contribution in [0.15, 0.2) is 33.0 Å². The Morgan fingerprint density at radius 1 is 1.18 bits per heavy atom. The number of aryl methyl sites for hydroxylation is 2.